The highest BCUT2D eigenvalue weighted by molar-refractivity contribution is 6.39. The van der Waals surface area contributed by atoms with Crippen molar-refractivity contribution < 1.29 is 5.11 Å². The summed E-state index contributed by atoms with van der Waals surface area (Å²) in [5.41, 5.74) is 6.95. The number of aliphatic hydroxyl groups excluding tert-OH is 1. The second kappa shape index (κ2) is 6.00. The van der Waals surface area contributed by atoms with E-state index in [0.29, 0.717) is 27.6 Å². The van der Waals surface area contributed by atoms with Gasteiger partial charge in [-0.15, -0.1) is 0 Å². The Hall–Kier alpha value is -0.640. The highest BCUT2D eigenvalue weighted by Crippen LogP contribution is 2.35. The maximum absolute atomic E-state index is 9.28. The zero-order valence-corrected chi connectivity index (χ0v) is 11.6. The van der Waals surface area contributed by atoms with Crippen LogP contribution in [0, 0.1) is 11.8 Å². The second-order valence-electron chi connectivity index (χ2n) is 4.87. The van der Waals surface area contributed by atoms with Gasteiger partial charge in [0.15, 0.2) is 0 Å². The van der Waals surface area contributed by atoms with Gasteiger partial charge in [-0.05, 0) is 36.8 Å². The Kier molecular flexibility index (Phi) is 4.60. The molecule has 0 heterocycles. The Morgan fingerprint density at radius 3 is 2.44 bits per heavy atom. The van der Waals surface area contributed by atoms with Crippen LogP contribution in [0.15, 0.2) is 12.1 Å². The molecule has 0 amide bonds. The van der Waals surface area contributed by atoms with Gasteiger partial charge in [-0.25, -0.2) is 0 Å². The van der Waals surface area contributed by atoms with Gasteiger partial charge in [0.05, 0.1) is 15.7 Å². The van der Waals surface area contributed by atoms with Gasteiger partial charge in [-0.2, -0.15) is 0 Å². The van der Waals surface area contributed by atoms with E-state index in [-0.39, 0.29) is 6.61 Å². The summed E-state index contributed by atoms with van der Waals surface area (Å²) >= 11 is 12.2. The predicted molar refractivity (Wildman–Crippen MR) is 77.3 cm³/mol. The van der Waals surface area contributed by atoms with Crippen LogP contribution in [0.5, 0.6) is 0 Å². The smallest absolute Gasteiger partial charge is 0.0720 e. The number of halogens is 2. The normalized spacial score (nSPS) is 23.3. The van der Waals surface area contributed by atoms with Crippen LogP contribution in [0.4, 0.5) is 11.4 Å². The number of nitrogen functional groups attached to an aromatic ring is 1. The zero-order valence-electron chi connectivity index (χ0n) is 10.1. The second-order valence-corrected chi connectivity index (χ2v) is 5.69. The molecule has 0 saturated heterocycles. The molecule has 2 unspecified atom stereocenters. The molecule has 4 N–H and O–H groups in total. The van der Waals surface area contributed by atoms with Crippen molar-refractivity contribution in [1.82, 2.24) is 0 Å². The Labute approximate surface area is 117 Å². The van der Waals surface area contributed by atoms with Gasteiger partial charge in [0.2, 0.25) is 0 Å². The summed E-state index contributed by atoms with van der Waals surface area (Å²) in [6.45, 7) is 1.05. The van der Waals surface area contributed by atoms with E-state index in [4.69, 9.17) is 28.9 Å². The summed E-state index contributed by atoms with van der Waals surface area (Å²) in [5, 5.41) is 13.6. The predicted octanol–water partition coefficient (Wildman–Crippen LogP) is 3.40. The highest BCUT2D eigenvalue weighted by Gasteiger charge is 2.26. The SMILES string of the molecule is Nc1cc(Cl)c(NCC2CCCC2CO)c(Cl)c1. The molecule has 1 fully saturated rings. The Morgan fingerprint density at radius 2 is 1.83 bits per heavy atom. The van der Waals surface area contributed by atoms with Crippen molar-refractivity contribution in [1.29, 1.82) is 0 Å². The third-order valence-electron chi connectivity index (χ3n) is 3.66. The summed E-state index contributed by atoms with van der Waals surface area (Å²) in [4.78, 5) is 0. The first-order valence-electron chi connectivity index (χ1n) is 6.21. The van der Waals surface area contributed by atoms with Gasteiger partial charge in [0, 0.05) is 18.8 Å². The molecule has 1 aliphatic carbocycles. The Bertz CT molecular complexity index is 402. The van der Waals surface area contributed by atoms with Crippen LogP contribution in [0.2, 0.25) is 10.0 Å². The van der Waals surface area contributed by atoms with E-state index in [9.17, 15) is 5.11 Å². The van der Waals surface area contributed by atoms with E-state index in [2.05, 4.69) is 5.32 Å². The average Bonchev–Trinajstić information content (AvgIpc) is 2.75. The minimum absolute atomic E-state index is 0.259. The summed E-state index contributed by atoms with van der Waals surface area (Å²) in [6.07, 6.45) is 3.43. The number of nitrogens with two attached hydrogens (primary N) is 1. The fraction of sp³-hybridized carbons (Fsp3) is 0.538. The molecular formula is C13H18Cl2N2O. The minimum atomic E-state index is 0.259. The van der Waals surface area contributed by atoms with E-state index in [0.717, 1.165) is 25.1 Å². The molecule has 0 aliphatic heterocycles. The van der Waals surface area contributed by atoms with E-state index >= 15 is 0 Å². The number of aliphatic hydroxyl groups is 1. The fourth-order valence-electron chi connectivity index (χ4n) is 2.62. The maximum Gasteiger partial charge on any atom is 0.0720 e. The van der Waals surface area contributed by atoms with Crippen molar-refractivity contribution in [2.24, 2.45) is 11.8 Å². The summed E-state index contributed by atoms with van der Waals surface area (Å²) < 4.78 is 0. The van der Waals surface area contributed by atoms with Crippen LogP contribution >= 0.6 is 23.2 Å². The van der Waals surface area contributed by atoms with E-state index in [1.807, 2.05) is 0 Å². The third kappa shape index (κ3) is 3.02. The Balaban J connectivity index is 2.02. The summed E-state index contributed by atoms with van der Waals surface area (Å²) in [7, 11) is 0. The maximum atomic E-state index is 9.28. The van der Waals surface area contributed by atoms with Crippen molar-refractivity contribution in [3.63, 3.8) is 0 Å². The molecule has 5 heteroatoms. The molecule has 2 atom stereocenters. The lowest BCUT2D eigenvalue weighted by Crippen LogP contribution is -2.21. The molecule has 3 nitrogen and oxygen atoms in total. The number of hydrogen-bond acceptors (Lipinski definition) is 3. The summed E-state index contributed by atoms with van der Waals surface area (Å²) in [6, 6.07) is 3.38. The molecular weight excluding hydrogens is 271 g/mol. The monoisotopic (exact) mass is 288 g/mol. The molecule has 0 bridgehead atoms. The van der Waals surface area contributed by atoms with Crippen molar-refractivity contribution in [2.45, 2.75) is 19.3 Å². The van der Waals surface area contributed by atoms with Crippen molar-refractivity contribution in [3.05, 3.63) is 22.2 Å². The zero-order chi connectivity index (χ0) is 13.1. The molecule has 2 rings (SSSR count). The first-order chi connectivity index (χ1) is 8.61. The van der Waals surface area contributed by atoms with Crippen molar-refractivity contribution in [3.8, 4) is 0 Å². The number of benzene rings is 1. The number of rotatable bonds is 4. The van der Waals surface area contributed by atoms with Crippen LogP contribution in [-0.4, -0.2) is 18.3 Å². The van der Waals surface area contributed by atoms with E-state index in [1.165, 1.54) is 6.42 Å². The molecule has 1 aromatic rings. The molecule has 0 aromatic heterocycles. The topological polar surface area (TPSA) is 58.3 Å². The van der Waals surface area contributed by atoms with Gasteiger partial charge in [-0.1, -0.05) is 29.6 Å². The van der Waals surface area contributed by atoms with Crippen LogP contribution in [0.25, 0.3) is 0 Å². The van der Waals surface area contributed by atoms with Crippen LogP contribution < -0.4 is 11.1 Å². The molecule has 18 heavy (non-hydrogen) atoms. The number of hydrogen-bond donors (Lipinski definition) is 3. The molecule has 0 spiro atoms. The molecule has 1 saturated carbocycles. The molecule has 0 radical (unpaired) electrons. The first kappa shape index (κ1) is 13.8. The highest BCUT2D eigenvalue weighted by atomic mass is 35.5. The van der Waals surface area contributed by atoms with Crippen molar-refractivity contribution >= 4 is 34.6 Å². The molecule has 1 aliphatic rings. The van der Waals surface area contributed by atoms with Gasteiger partial charge in [0.25, 0.3) is 0 Å². The minimum Gasteiger partial charge on any atom is -0.399 e. The van der Waals surface area contributed by atoms with Crippen molar-refractivity contribution in [2.75, 3.05) is 24.2 Å². The lowest BCUT2D eigenvalue weighted by Gasteiger charge is -2.19. The van der Waals surface area contributed by atoms with Gasteiger partial charge >= 0.3 is 0 Å². The van der Waals surface area contributed by atoms with Crippen LogP contribution in [-0.2, 0) is 0 Å². The molecule has 1 aromatic carbocycles. The third-order valence-corrected chi connectivity index (χ3v) is 4.25. The van der Waals surface area contributed by atoms with Gasteiger partial charge in [0.1, 0.15) is 0 Å². The average molecular weight is 289 g/mol. The standard InChI is InChI=1S/C13H18Cl2N2O/c14-11-4-10(16)5-12(15)13(11)17-6-8-2-1-3-9(8)7-18/h4-5,8-9,17-18H,1-3,6-7,16H2. The fourth-order valence-corrected chi connectivity index (χ4v) is 3.26. The largest absolute Gasteiger partial charge is 0.399 e. The Morgan fingerprint density at radius 1 is 1.22 bits per heavy atom. The number of nitrogens with one attached hydrogen (secondary N) is 1. The lowest BCUT2D eigenvalue weighted by molar-refractivity contribution is 0.199. The van der Waals surface area contributed by atoms with E-state index in [1.54, 1.807) is 12.1 Å². The first-order valence-corrected chi connectivity index (χ1v) is 6.96. The summed E-state index contributed by atoms with van der Waals surface area (Å²) in [5.74, 6) is 0.878. The lowest BCUT2D eigenvalue weighted by atomic mass is 9.97. The molecule has 100 valence electrons. The van der Waals surface area contributed by atoms with Crippen LogP contribution in [0.1, 0.15) is 19.3 Å². The van der Waals surface area contributed by atoms with Gasteiger partial charge < -0.3 is 16.2 Å². The van der Waals surface area contributed by atoms with Crippen LogP contribution in [0.3, 0.4) is 0 Å². The van der Waals surface area contributed by atoms with Gasteiger partial charge in [-0.3, -0.25) is 0 Å². The quantitative estimate of drug-likeness (QED) is 0.745. The van der Waals surface area contributed by atoms with E-state index < -0.39 is 0 Å². The number of anilines is 2.